The monoisotopic (exact) mass is 410 g/mol. The zero-order valence-electron chi connectivity index (χ0n) is 18.4. The molecule has 2 aromatic rings. The minimum atomic E-state index is 0.0457. The van der Waals surface area contributed by atoms with Gasteiger partial charge in [-0.15, -0.1) is 0 Å². The van der Waals surface area contributed by atoms with Crippen LogP contribution in [0.3, 0.4) is 0 Å². The van der Waals surface area contributed by atoms with Crippen molar-refractivity contribution >= 4 is 5.91 Å². The van der Waals surface area contributed by atoms with E-state index in [1.54, 1.807) is 0 Å². The maximum absolute atomic E-state index is 12.5. The second-order valence-electron chi connectivity index (χ2n) is 7.99. The van der Waals surface area contributed by atoms with Crippen LogP contribution in [0.4, 0.5) is 0 Å². The highest BCUT2D eigenvalue weighted by molar-refractivity contribution is 5.78. The van der Waals surface area contributed by atoms with Gasteiger partial charge in [-0.1, -0.05) is 25.3 Å². The fraction of sp³-hybridized carbons (Fsp3) is 0.520. The first kappa shape index (κ1) is 22.1. The van der Waals surface area contributed by atoms with Crippen LogP contribution in [0.25, 0.3) is 11.1 Å². The van der Waals surface area contributed by atoms with Gasteiger partial charge in [0.15, 0.2) is 0 Å². The Kier molecular flexibility index (Phi) is 8.12. The van der Waals surface area contributed by atoms with E-state index in [0.717, 1.165) is 28.3 Å². The average Bonchev–Trinajstić information content (AvgIpc) is 2.76. The van der Waals surface area contributed by atoms with Crippen LogP contribution in [0.1, 0.15) is 58.6 Å². The molecule has 0 aliphatic heterocycles. The molecule has 1 fully saturated rings. The number of amides is 1. The number of ether oxygens (including phenoxy) is 2. The molecule has 1 N–H and O–H groups in total. The van der Waals surface area contributed by atoms with Crippen LogP contribution in [-0.4, -0.2) is 30.1 Å². The van der Waals surface area contributed by atoms with Gasteiger partial charge in [-0.2, -0.15) is 0 Å². The summed E-state index contributed by atoms with van der Waals surface area (Å²) in [4.78, 5) is 17.0. The molecule has 1 aliphatic rings. The van der Waals surface area contributed by atoms with Gasteiger partial charge in [0.25, 0.3) is 0 Å². The van der Waals surface area contributed by atoms with Crippen molar-refractivity contribution in [3.05, 3.63) is 42.2 Å². The minimum absolute atomic E-state index is 0.0457. The maximum atomic E-state index is 12.5. The van der Waals surface area contributed by atoms with Crippen molar-refractivity contribution in [3.63, 3.8) is 0 Å². The van der Waals surface area contributed by atoms with E-state index in [9.17, 15) is 4.79 Å². The van der Waals surface area contributed by atoms with Gasteiger partial charge in [-0.3, -0.25) is 9.78 Å². The molecule has 0 saturated heterocycles. The summed E-state index contributed by atoms with van der Waals surface area (Å²) < 4.78 is 11.4. The first-order valence-electron chi connectivity index (χ1n) is 11.2. The summed E-state index contributed by atoms with van der Waals surface area (Å²) in [6.45, 7) is 7.25. The number of aromatic nitrogens is 1. The molecule has 162 valence electrons. The third-order valence-electron chi connectivity index (χ3n) is 5.79. The van der Waals surface area contributed by atoms with E-state index in [2.05, 4.69) is 17.2 Å². The smallest absolute Gasteiger partial charge is 0.226 e. The molecule has 0 radical (unpaired) electrons. The van der Waals surface area contributed by atoms with E-state index in [1.165, 1.54) is 32.1 Å². The minimum Gasteiger partial charge on any atom is -0.494 e. The highest BCUT2D eigenvalue weighted by Crippen LogP contribution is 2.33. The fourth-order valence-corrected chi connectivity index (χ4v) is 4.18. The molecule has 0 bridgehead atoms. The number of hydrogen-bond acceptors (Lipinski definition) is 4. The molecule has 1 aliphatic carbocycles. The highest BCUT2D eigenvalue weighted by Gasteiger charge is 2.21. The molecule has 1 amide bonds. The second kappa shape index (κ2) is 11.0. The molecule has 30 heavy (non-hydrogen) atoms. The van der Waals surface area contributed by atoms with E-state index in [1.807, 2.05) is 50.4 Å². The van der Waals surface area contributed by atoms with E-state index < -0.39 is 0 Å². The number of nitrogens with one attached hydrogen (secondary N) is 1. The Labute approximate surface area is 180 Å². The Balaban J connectivity index is 1.63. The lowest BCUT2D eigenvalue weighted by Crippen LogP contribution is -2.39. The highest BCUT2D eigenvalue weighted by atomic mass is 16.5. The number of carbonyl (C=O) groups is 1. The summed E-state index contributed by atoms with van der Waals surface area (Å²) in [5, 5.41) is 3.18. The molecular formula is C25H34N2O3. The fourth-order valence-electron chi connectivity index (χ4n) is 4.18. The van der Waals surface area contributed by atoms with Crippen LogP contribution in [0, 0.1) is 5.92 Å². The molecule has 1 aromatic heterocycles. The molecule has 1 heterocycles. The van der Waals surface area contributed by atoms with Gasteiger partial charge in [0.05, 0.1) is 19.6 Å². The van der Waals surface area contributed by atoms with Crippen LogP contribution in [-0.2, 0) is 11.2 Å². The molecule has 5 heteroatoms. The van der Waals surface area contributed by atoms with Crippen LogP contribution in [0.15, 0.2) is 36.5 Å². The Morgan fingerprint density at radius 2 is 1.87 bits per heavy atom. The largest absolute Gasteiger partial charge is 0.494 e. The van der Waals surface area contributed by atoms with Crippen LogP contribution in [0.2, 0.25) is 0 Å². The van der Waals surface area contributed by atoms with Crippen molar-refractivity contribution in [2.75, 3.05) is 13.2 Å². The van der Waals surface area contributed by atoms with Crippen LogP contribution < -0.4 is 14.8 Å². The summed E-state index contributed by atoms with van der Waals surface area (Å²) in [5.74, 6) is 2.22. The van der Waals surface area contributed by atoms with Crippen LogP contribution in [0.5, 0.6) is 11.5 Å². The first-order valence-corrected chi connectivity index (χ1v) is 11.2. The van der Waals surface area contributed by atoms with E-state index in [-0.39, 0.29) is 11.9 Å². The number of hydrogen-bond donors (Lipinski definition) is 1. The number of rotatable bonds is 9. The Morgan fingerprint density at radius 1 is 1.10 bits per heavy atom. The molecule has 5 nitrogen and oxygen atoms in total. The van der Waals surface area contributed by atoms with Gasteiger partial charge in [0.2, 0.25) is 5.91 Å². The van der Waals surface area contributed by atoms with Crippen LogP contribution >= 0.6 is 0 Å². The Hall–Kier alpha value is -2.56. The molecule has 1 atom stereocenters. The standard InChI is InChI=1S/C25H34N2O3/c1-4-29-22-13-14-23(24(16-22)30-5-2)20-11-12-21(26-17-20)15-25(28)27-18(3)19-9-7-6-8-10-19/h11-14,16-19H,4-10,15H2,1-3H3,(H,27,28)/t18-/m1/s1. The zero-order chi connectivity index (χ0) is 21.3. The van der Waals surface area contributed by atoms with Gasteiger partial charge in [0.1, 0.15) is 11.5 Å². The number of benzene rings is 1. The van der Waals surface area contributed by atoms with Gasteiger partial charge in [-0.25, -0.2) is 0 Å². The van der Waals surface area contributed by atoms with Gasteiger partial charge >= 0.3 is 0 Å². The first-order chi connectivity index (χ1) is 14.6. The third-order valence-corrected chi connectivity index (χ3v) is 5.79. The summed E-state index contributed by atoms with van der Waals surface area (Å²) >= 11 is 0. The van der Waals surface area contributed by atoms with E-state index >= 15 is 0 Å². The normalized spacial score (nSPS) is 15.4. The van der Waals surface area contributed by atoms with Gasteiger partial charge < -0.3 is 14.8 Å². The Morgan fingerprint density at radius 3 is 2.53 bits per heavy atom. The topological polar surface area (TPSA) is 60.5 Å². The second-order valence-corrected chi connectivity index (χ2v) is 7.99. The zero-order valence-corrected chi connectivity index (χ0v) is 18.4. The maximum Gasteiger partial charge on any atom is 0.226 e. The molecule has 0 unspecified atom stereocenters. The predicted molar refractivity (Wildman–Crippen MR) is 120 cm³/mol. The number of nitrogens with zero attached hydrogens (tertiary/aromatic N) is 1. The lowest BCUT2D eigenvalue weighted by atomic mass is 9.84. The summed E-state index contributed by atoms with van der Waals surface area (Å²) in [6.07, 6.45) is 8.45. The summed E-state index contributed by atoms with van der Waals surface area (Å²) in [5.41, 5.74) is 2.70. The van der Waals surface area contributed by atoms with Gasteiger partial charge in [-0.05, 0) is 57.7 Å². The van der Waals surface area contributed by atoms with E-state index in [0.29, 0.717) is 25.6 Å². The van der Waals surface area contributed by atoms with Crippen molar-refractivity contribution in [2.45, 2.75) is 65.3 Å². The lowest BCUT2D eigenvalue weighted by molar-refractivity contribution is -0.121. The molecular weight excluding hydrogens is 376 g/mol. The van der Waals surface area contributed by atoms with Crippen molar-refractivity contribution in [1.82, 2.24) is 10.3 Å². The van der Waals surface area contributed by atoms with Gasteiger partial charge in [0, 0.05) is 35.1 Å². The SMILES string of the molecule is CCOc1ccc(-c2ccc(CC(=O)N[C@H](C)C3CCCCC3)nc2)c(OCC)c1. The summed E-state index contributed by atoms with van der Waals surface area (Å²) in [6, 6.07) is 10.00. The summed E-state index contributed by atoms with van der Waals surface area (Å²) in [7, 11) is 0. The number of pyridine rings is 1. The molecule has 1 aromatic carbocycles. The molecule has 0 spiro atoms. The predicted octanol–water partition coefficient (Wildman–Crippen LogP) is 5.17. The molecule has 1 saturated carbocycles. The Bertz CT molecular complexity index is 814. The van der Waals surface area contributed by atoms with E-state index in [4.69, 9.17) is 9.47 Å². The van der Waals surface area contributed by atoms with Crippen molar-refractivity contribution in [3.8, 4) is 22.6 Å². The van der Waals surface area contributed by atoms with Crippen molar-refractivity contribution < 1.29 is 14.3 Å². The quantitative estimate of drug-likeness (QED) is 0.619. The van der Waals surface area contributed by atoms with Crippen molar-refractivity contribution in [1.29, 1.82) is 0 Å². The lowest BCUT2D eigenvalue weighted by Gasteiger charge is -2.28. The molecule has 3 rings (SSSR count). The third kappa shape index (κ3) is 5.97. The average molecular weight is 411 g/mol. The van der Waals surface area contributed by atoms with Crippen molar-refractivity contribution in [2.24, 2.45) is 5.92 Å². The number of carbonyl (C=O) groups excluding carboxylic acids is 1.